The van der Waals surface area contributed by atoms with Gasteiger partial charge in [-0.15, -0.1) is 11.8 Å². The van der Waals surface area contributed by atoms with E-state index in [1.807, 2.05) is 66.7 Å². The van der Waals surface area contributed by atoms with Gasteiger partial charge in [-0.05, 0) is 23.3 Å². The molecule has 24 heavy (non-hydrogen) atoms. The van der Waals surface area contributed by atoms with Crippen molar-refractivity contribution in [3.8, 4) is 0 Å². The van der Waals surface area contributed by atoms with Crippen molar-refractivity contribution in [2.75, 3.05) is 0 Å². The minimum Gasteiger partial charge on any atom is -0.387 e. The molecule has 0 amide bonds. The van der Waals surface area contributed by atoms with Crippen LogP contribution in [-0.4, -0.2) is 10.4 Å². The van der Waals surface area contributed by atoms with Crippen LogP contribution < -0.4 is 0 Å². The van der Waals surface area contributed by atoms with E-state index in [1.165, 1.54) is 0 Å². The summed E-state index contributed by atoms with van der Waals surface area (Å²) < 4.78 is 0. The molecule has 3 aromatic carbocycles. The molecule has 1 N–H and O–H groups in total. The first-order valence-electron chi connectivity index (χ1n) is 8.01. The van der Waals surface area contributed by atoms with Gasteiger partial charge in [-0.3, -0.25) is 0 Å². The third-order valence-corrected chi connectivity index (χ3v) is 4.98. The Balaban J connectivity index is 1.84. The molecule has 0 aliphatic rings. The Morgan fingerprint density at radius 3 is 1.88 bits per heavy atom. The maximum absolute atomic E-state index is 10.8. The largest absolute Gasteiger partial charge is 0.387 e. The van der Waals surface area contributed by atoms with Crippen LogP contribution in [0.5, 0.6) is 0 Å². The Hall–Kier alpha value is -2.29. The van der Waals surface area contributed by atoms with Crippen molar-refractivity contribution in [3.63, 3.8) is 0 Å². The predicted octanol–water partition coefficient (Wildman–Crippen LogP) is 5.59. The number of hydrogen-bond acceptors (Lipinski definition) is 2. The number of rotatable bonds is 6. The number of hydrogen-bond donors (Lipinski definition) is 1. The summed E-state index contributed by atoms with van der Waals surface area (Å²) in [4.78, 5) is 1.15. The normalized spacial score (nSPS) is 13.7. The summed E-state index contributed by atoms with van der Waals surface area (Å²) in [6.45, 7) is 0. The molecule has 0 spiro atoms. The number of aliphatic hydroxyl groups excluding tert-OH is 1. The van der Waals surface area contributed by atoms with E-state index in [0.29, 0.717) is 0 Å². The third-order valence-electron chi connectivity index (χ3n) is 3.75. The molecule has 0 aromatic heterocycles. The molecule has 0 saturated heterocycles. The quantitative estimate of drug-likeness (QED) is 0.593. The van der Waals surface area contributed by atoms with Gasteiger partial charge in [0.25, 0.3) is 0 Å². The molecule has 0 unspecified atom stereocenters. The fourth-order valence-corrected chi connectivity index (χ4v) is 3.55. The predicted molar refractivity (Wildman–Crippen MR) is 103 cm³/mol. The van der Waals surface area contributed by atoms with Crippen molar-refractivity contribution in [2.45, 2.75) is 16.2 Å². The fourth-order valence-electron chi connectivity index (χ4n) is 2.48. The minimum atomic E-state index is -0.559. The molecule has 0 heterocycles. The second kappa shape index (κ2) is 8.53. The lowest BCUT2D eigenvalue weighted by atomic mass is 10.1. The van der Waals surface area contributed by atoms with Gasteiger partial charge in [0.15, 0.2) is 0 Å². The zero-order valence-corrected chi connectivity index (χ0v) is 14.1. The molecule has 120 valence electrons. The fraction of sp³-hybridized carbons (Fsp3) is 0.0909. The van der Waals surface area contributed by atoms with Crippen LogP contribution in [-0.2, 0) is 0 Å². The van der Waals surface area contributed by atoms with Gasteiger partial charge in [-0.1, -0.05) is 91.0 Å². The van der Waals surface area contributed by atoms with E-state index in [1.54, 1.807) is 11.8 Å². The van der Waals surface area contributed by atoms with Crippen LogP contribution in [0.2, 0.25) is 0 Å². The molecule has 3 aromatic rings. The monoisotopic (exact) mass is 332 g/mol. The molecule has 0 aliphatic heterocycles. The Morgan fingerprint density at radius 1 is 0.708 bits per heavy atom. The molecule has 0 fully saturated rings. The van der Waals surface area contributed by atoms with Gasteiger partial charge in [0, 0.05) is 4.90 Å². The van der Waals surface area contributed by atoms with Crippen LogP contribution in [0.4, 0.5) is 0 Å². The number of benzene rings is 3. The summed E-state index contributed by atoms with van der Waals surface area (Å²) in [5, 5.41) is 10.8. The Kier molecular flexibility index (Phi) is 5.89. The van der Waals surface area contributed by atoms with Crippen LogP contribution in [0, 0.1) is 0 Å². The maximum atomic E-state index is 10.8. The van der Waals surface area contributed by atoms with Crippen LogP contribution in [0.1, 0.15) is 17.2 Å². The zero-order valence-electron chi connectivity index (χ0n) is 13.3. The highest BCUT2D eigenvalue weighted by Gasteiger charge is 2.19. The van der Waals surface area contributed by atoms with Crippen molar-refractivity contribution >= 4 is 17.8 Å². The second-order valence-electron chi connectivity index (χ2n) is 5.52. The molecule has 3 rings (SSSR count). The van der Waals surface area contributed by atoms with Crippen molar-refractivity contribution in [3.05, 3.63) is 108 Å². The van der Waals surface area contributed by atoms with E-state index < -0.39 is 6.10 Å². The topological polar surface area (TPSA) is 20.2 Å². The molecule has 0 saturated carbocycles. The van der Waals surface area contributed by atoms with Gasteiger partial charge in [0.05, 0.1) is 11.4 Å². The highest BCUT2D eigenvalue weighted by atomic mass is 32.2. The van der Waals surface area contributed by atoms with E-state index >= 15 is 0 Å². The Bertz CT molecular complexity index is 754. The van der Waals surface area contributed by atoms with Crippen molar-refractivity contribution in [2.24, 2.45) is 0 Å². The van der Waals surface area contributed by atoms with Gasteiger partial charge in [0.1, 0.15) is 0 Å². The summed E-state index contributed by atoms with van der Waals surface area (Å²) in [5.74, 6) is 0. The van der Waals surface area contributed by atoms with Crippen molar-refractivity contribution < 1.29 is 5.11 Å². The van der Waals surface area contributed by atoms with E-state index in [-0.39, 0.29) is 5.25 Å². The summed E-state index contributed by atoms with van der Waals surface area (Å²) in [5.41, 5.74) is 2.07. The maximum Gasteiger partial charge on any atom is 0.0947 e. The van der Waals surface area contributed by atoms with Gasteiger partial charge >= 0.3 is 0 Å². The van der Waals surface area contributed by atoms with Crippen LogP contribution in [0.25, 0.3) is 6.08 Å². The van der Waals surface area contributed by atoms with Crippen molar-refractivity contribution in [1.82, 2.24) is 0 Å². The Labute approximate surface area is 147 Å². The zero-order chi connectivity index (χ0) is 16.6. The first-order chi connectivity index (χ1) is 11.8. The lowest BCUT2D eigenvalue weighted by Gasteiger charge is -2.20. The van der Waals surface area contributed by atoms with Crippen LogP contribution in [0.3, 0.4) is 0 Å². The lowest BCUT2D eigenvalue weighted by molar-refractivity contribution is 0.187. The highest BCUT2D eigenvalue weighted by molar-refractivity contribution is 8.00. The molecule has 0 aliphatic carbocycles. The van der Waals surface area contributed by atoms with Gasteiger partial charge in [-0.25, -0.2) is 0 Å². The smallest absolute Gasteiger partial charge is 0.0947 e. The van der Waals surface area contributed by atoms with Crippen molar-refractivity contribution in [1.29, 1.82) is 0 Å². The van der Waals surface area contributed by atoms with Gasteiger partial charge < -0.3 is 5.11 Å². The van der Waals surface area contributed by atoms with Gasteiger partial charge in [-0.2, -0.15) is 0 Å². The summed E-state index contributed by atoms with van der Waals surface area (Å²) in [7, 11) is 0. The summed E-state index contributed by atoms with van der Waals surface area (Å²) in [6.07, 6.45) is 3.61. The third kappa shape index (κ3) is 4.60. The van der Waals surface area contributed by atoms with E-state index in [4.69, 9.17) is 0 Å². The average molecular weight is 332 g/mol. The van der Waals surface area contributed by atoms with E-state index in [9.17, 15) is 5.11 Å². The first kappa shape index (κ1) is 16.6. The molecule has 0 bridgehead atoms. The minimum absolute atomic E-state index is 0.0602. The average Bonchev–Trinajstić information content (AvgIpc) is 2.67. The van der Waals surface area contributed by atoms with Crippen LogP contribution >= 0.6 is 11.8 Å². The molecule has 2 heteroatoms. The molecule has 1 nitrogen and oxygen atoms in total. The molecular formula is C22H20OS. The standard InChI is InChI=1S/C22H20OS/c23-22(19-12-6-2-7-13-19)21(24-20-14-8-3-9-15-20)17-16-18-10-4-1-5-11-18/h1-17,21-23H/b17-16+/t21-,22+/m0/s1. The van der Waals surface area contributed by atoms with Gasteiger partial charge in [0.2, 0.25) is 0 Å². The summed E-state index contributed by atoms with van der Waals surface area (Å²) in [6, 6.07) is 30.2. The number of aliphatic hydroxyl groups is 1. The van der Waals surface area contributed by atoms with E-state index in [2.05, 4.69) is 36.4 Å². The lowest BCUT2D eigenvalue weighted by Crippen LogP contribution is -2.12. The molecule has 0 radical (unpaired) electrons. The highest BCUT2D eigenvalue weighted by Crippen LogP contribution is 2.33. The first-order valence-corrected chi connectivity index (χ1v) is 8.89. The molecular weight excluding hydrogens is 312 g/mol. The Morgan fingerprint density at radius 2 is 1.25 bits per heavy atom. The summed E-state index contributed by atoms with van der Waals surface area (Å²) >= 11 is 1.67. The SMILES string of the molecule is O[C@H](c1ccccc1)[C@H](/C=C/c1ccccc1)Sc1ccccc1. The van der Waals surface area contributed by atoms with E-state index in [0.717, 1.165) is 16.0 Å². The number of thioether (sulfide) groups is 1. The molecule has 2 atom stereocenters. The second-order valence-corrected chi connectivity index (χ2v) is 6.77. The van der Waals surface area contributed by atoms with Crippen LogP contribution in [0.15, 0.2) is 102 Å².